The lowest BCUT2D eigenvalue weighted by molar-refractivity contribution is 0.122. The van der Waals surface area contributed by atoms with Crippen LogP contribution in [0.4, 0.5) is 17.6 Å². The van der Waals surface area contributed by atoms with Gasteiger partial charge in [-0.2, -0.15) is 4.98 Å². The number of ether oxygens (including phenoxy) is 1. The number of aromatic nitrogens is 4. The molecule has 0 aliphatic carbocycles. The Morgan fingerprint density at radius 3 is 2.74 bits per heavy atom. The van der Waals surface area contributed by atoms with Crippen molar-refractivity contribution in [2.24, 2.45) is 0 Å². The Labute approximate surface area is 186 Å². The Bertz CT molecular complexity index is 1060. The minimum atomic E-state index is 0.302. The highest BCUT2D eigenvalue weighted by molar-refractivity contribution is 6.31. The summed E-state index contributed by atoms with van der Waals surface area (Å²) in [5.74, 6) is 2.62. The van der Waals surface area contributed by atoms with Crippen LogP contribution in [-0.2, 0) is 4.74 Å². The summed E-state index contributed by atoms with van der Waals surface area (Å²) in [5.41, 5.74) is 1.68. The first-order chi connectivity index (χ1) is 15.2. The number of fused-ring (bicyclic) bond motifs is 1. The topological polar surface area (TPSA) is 70.5 Å². The molecule has 5 rings (SSSR count). The molecule has 9 heteroatoms. The Morgan fingerprint density at radius 2 is 1.87 bits per heavy atom. The van der Waals surface area contributed by atoms with Gasteiger partial charge in [0, 0.05) is 50.5 Å². The molecule has 8 nitrogen and oxygen atoms in total. The molecule has 1 unspecified atom stereocenters. The first-order valence-electron chi connectivity index (χ1n) is 10.7. The van der Waals surface area contributed by atoms with Gasteiger partial charge >= 0.3 is 0 Å². The number of nitrogens with zero attached hydrogens (tertiary/aromatic N) is 7. The number of halogens is 1. The second kappa shape index (κ2) is 8.80. The van der Waals surface area contributed by atoms with E-state index in [2.05, 4.69) is 31.7 Å². The van der Waals surface area contributed by atoms with Crippen LogP contribution in [0, 0.1) is 0 Å². The number of rotatable bonds is 4. The van der Waals surface area contributed by atoms with E-state index in [1.54, 1.807) is 0 Å². The Kier molecular flexibility index (Phi) is 5.74. The van der Waals surface area contributed by atoms with Crippen LogP contribution < -0.4 is 14.7 Å². The zero-order chi connectivity index (χ0) is 21.2. The third kappa shape index (κ3) is 4.36. The molecule has 1 atom stereocenters. The van der Waals surface area contributed by atoms with E-state index in [1.165, 1.54) is 0 Å². The van der Waals surface area contributed by atoms with E-state index in [4.69, 9.17) is 26.3 Å². The van der Waals surface area contributed by atoms with Crippen molar-refractivity contribution in [1.82, 2.24) is 19.9 Å². The fourth-order valence-corrected chi connectivity index (χ4v) is 4.41. The van der Waals surface area contributed by atoms with Gasteiger partial charge in [-0.1, -0.05) is 11.6 Å². The molecular formula is C22H26ClN7O. The predicted octanol–water partition coefficient (Wildman–Crippen LogP) is 3.02. The average molecular weight is 440 g/mol. The van der Waals surface area contributed by atoms with Gasteiger partial charge in [0.2, 0.25) is 5.95 Å². The maximum Gasteiger partial charge on any atom is 0.227 e. The zero-order valence-corrected chi connectivity index (χ0v) is 18.4. The molecule has 1 aromatic carbocycles. The van der Waals surface area contributed by atoms with Crippen molar-refractivity contribution in [2.45, 2.75) is 18.9 Å². The summed E-state index contributed by atoms with van der Waals surface area (Å²) in [6.07, 6.45) is 5.87. The summed E-state index contributed by atoms with van der Waals surface area (Å²) >= 11 is 6.08. The summed E-state index contributed by atoms with van der Waals surface area (Å²) in [6.45, 7) is 5.03. The summed E-state index contributed by atoms with van der Waals surface area (Å²) in [7, 11) is 2.08. The summed E-state index contributed by atoms with van der Waals surface area (Å²) in [6, 6.07) is 7.91. The van der Waals surface area contributed by atoms with Crippen molar-refractivity contribution in [3.63, 3.8) is 0 Å². The van der Waals surface area contributed by atoms with Crippen molar-refractivity contribution in [2.75, 3.05) is 61.1 Å². The number of likely N-dealkylation sites (N-methyl/N-ethyl adjacent to an activating group) is 1. The zero-order valence-electron chi connectivity index (χ0n) is 17.6. The lowest BCUT2D eigenvalue weighted by atomic mass is 10.0. The molecule has 31 heavy (non-hydrogen) atoms. The van der Waals surface area contributed by atoms with Crippen LogP contribution in [0.15, 0.2) is 36.7 Å². The summed E-state index contributed by atoms with van der Waals surface area (Å²) in [4.78, 5) is 25.5. The van der Waals surface area contributed by atoms with Gasteiger partial charge in [-0.25, -0.2) is 9.97 Å². The second-order valence-corrected chi connectivity index (χ2v) is 8.46. The summed E-state index contributed by atoms with van der Waals surface area (Å²) < 4.78 is 5.46. The predicted molar refractivity (Wildman–Crippen MR) is 123 cm³/mol. The van der Waals surface area contributed by atoms with Crippen LogP contribution in [0.3, 0.4) is 0 Å². The lowest BCUT2D eigenvalue weighted by Crippen LogP contribution is -2.47. The number of morpholine rings is 1. The van der Waals surface area contributed by atoms with Crippen molar-refractivity contribution >= 4 is 40.2 Å². The third-order valence-electron chi connectivity index (χ3n) is 6.04. The quantitative estimate of drug-likeness (QED) is 0.614. The molecule has 2 saturated heterocycles. The van der Waals surface area contributed by atoms with E-state index >= 15 is 0 Å². The van der Waals surface area contributed by atoms with Crippen molar-refractivity contribution in [3.8, 4) is 0 Å². The second-order valence-electron chi connectivity index (χ2n) is 8.03. The van der Waals surface area contributed by atoms with E-state index in [0.29, 0.717) is 11.1 Å². The number of hydrogen-bond acceptors (Lipinski definition) is 8. The lowest BCUT2D eigenvalue weighted by Gasteiger charge is -2.38. The highest BCUT2D eigenvalue weighted by atomic mass is 35.5. The molecule has 3 aromatic rings. The van der Waals surface area contributed by atoms with E-state index in [0.717, 1.165) is 80.9 Å². The van der Waals surface area contributed by atoms with Crippen LogP contribution >= 0.6 is 11.6 Å². The minimum absolute atomic E-state index is 0.302. The van der Waals surface area contributed by atoms with E-state index in [-0.39, 0.29) is 0 Å². The van der Waals surface area contributed by atoms with Crippen molar-refractivity contribution in [1.29, 1.82) is 0 Å². The maximum absolute atomic E-state index is 6.08. The van der Waals surface area contributed by atoms with Gasteiger partial charge in [0.25, 0.3) is 0 Å². The van der Waals surface area contributed by atoms with E-state index in [9.17, 15) is 0 Å². The largest absolute Gasteiger partial charge is 0.378 e. The van der Waals surface area contributed by atoms with Gasteiger partial charge in [0.1, 0.15) is 11.6 Å². The Hall–Kier alpha value is -2.71. The molecule has 0 radical (unpaired) electrons. The van der Waals surface area contributed by atoms with Crippen LogP contribution in [0.5, 0.6) is 0 Å². The monoisotopic (exact) mass is 439 g/mol. The van der Waals surface area contributed by atoms with Gasteiger partial charge in [-0.05, 0) is 37.1 Å². The number of piperidine rings is 1. The molecular weight excluding hydrogens is 414 g/mol. The highest BCUT2D eigenvalue weighted by Gasteiger charge is 2.26. The van der Waals surface area contributed by atoms with E-state index < -0.39 is 0 Å². The van der Waals surface area contributed by atoms with Gasteiger partial charge in [0.05, 0.1) is 30.4 Å². The minimum Gasteiger partial charge on any atom is -0.378 e. The Morgan fingerprint density at radius 1 is 1.00 bits per heavy atom. The normalized spacial score (nSPS) is 19.6. The van der Waals surface area contributed by atoms with Gasteiger partial charge in [-0.3, -0.25) is 4.98 Å². The molecule has 4 heterocycles. The molecule has 0 amide bonds. The standard InChI is InChI=1S/C22H26ClN7O/c1-28(22-24-7-6-20(27-22)29-9-11-31-12-10-29)17-3-2-8-30(15-17)21-14-25-19-13-16(23)4-5-18(19)26-21/h4-7,13-14,17H,2-3,8-12,15H2,1H3. The first-order valence-corrected chi connectivity index (χ1v) is 11.1. The molecule has 0 bridgehead atoms. The summed E-state index contributed by atoms with van der Waals surface area (Å²) in [5, 5.41) is 0.675. The highest BCUT2D eigenvalue weighted by Crippen LogP contribution is 2.25. The molecule has 2 aromatic heterocycles. The molecule has 0 N–H and O–H groups in total. The molecule has 162 valence electrons. The third-order valence-corrected chi connectivity index (χ3v) is 6.27. The smallest absolute Gasteiger partial charge is 0.227 e. The van der Waals surface area contributed by atoms with Crippen molar-refractivity contribution in [3.05, 3.63) is 41.7 Å². The number of hydrogen-bond donors (Lipinski definition) is 0. The molecule has 2 aliphatic rings. The van der Waals surface area contributed by atoms with Crippen LogP contribution in [0.25, 0.3) is 11.0 Å². The molecule has 0 spiro atoms. The van der Waals surface area contributed by atoms with Gasteiger partial charge < -0.3 is 19.4 Å². The average Bonchev–Trinajstić information content (AvgIpc) is 2.84. The fourth-order valence-electron chi connectivity index (χ4n) is 4.25. The molecule has 2 fully saturated rings. The molecule has 0 saturated carbocycles. The van der Waals surface area contributed by atoms with Gasteiger partial charge in [0.15, 0.2) is 0 Å². The van der Waals surface area contributed by atoms with Crippen LogP contribution in [-0.4, -0.2) is 72.4 Å². The fraction of sp³-hybridized carbons (Fsp3) is 0.455. The van der Waals surface area contributed by atoms with Gasteiger partial charge in [-0.15, -0.1) is 0 Å². The molecule has 2 aliphatic heterocycles. The number of benzene rings is 1. The SMILES string of the molecule is CN(c1nccc(N2CCOCC2)n1)C1CCCN(c2cnc3cc(Cl)ccc3n2)C1. The Balaban J connectivity index is 1.32. The first kappa shape index (κ1) is 20.2. The van der Waals surface area contributed by atoms with Crippen LogP contribution in [0.1, 0.15) is 12.8 Å². The van der Waals surface area contributed by atoms with Crippen LogP contribution in [0.2, 0.25) is 5.02 Å². The number of anilines is 3. The van der Waals surface area contributed by atoms with E-state index in [1.807, 2.05) is 36.7 Å². The van der Waals surface area contributed by atoms with Crippen molar-refractivity contribution < 1.29 is 4.74 Å². The maximum atomic E-state index is 6.08.